The van der Waals surface area contributed by atoms with Gasteiger partial charge in [-0.15, -0.1) is 0 Å². The molecule has 0 saturated heterocycles. The van der Waals surface area contributed by atoms with Gasteiger partial charge in [-0.2, -0.15) is 0 Å². The first-order valence-corrected chi connectivity index (χ1v) is 7.98. The summed E-state index contributed by atoms with van der Waals surface area (Å²) in [5, 5.41) is 0.533. The van der Waals surface area contributed by atoms with E-state index in [-0.39, 0.29) is 5.56 Å². The smallest absolute Gasteiger partial charge is 0.255 e. The number of aromatic amines is 1. The van der Waals surface area contributed by atoms with Gasteiger partial charge in [-0.05, 0) is 13.0 Å². The summed E-state index contributed by atoms with van der Waals surface area (Å²) in [6.07, 6.45) is 1.61. The molecule has 6 nitrogen and oxygen atoms in total. The maximum absolute atomic E-state index is 12.1. The molecule has 3 rings (SSSR count). The van der Waals surface area contributed by atoms with E-state index in [1.807, 2.05) is 30.3 Å². The molecule has 0 fully saturated rings. The van der Waals surface area contributed by atoms with Crippen LogP contribution in [0.3, 0.4) is 0 Å². The number of rotatable bonds is 4. The van der Waals surface area contributed by atoms with Crippen molar-refractivity contribution in [2.45, 2.75) is 17.8 Å². The van der Waals surface area contributed by atoms with E-state index in [2.05, 4.69) is 19.9 Å². The number of benzene rings is 1. The number of aromatic nitrogens is 4. The van der Waals surface area contributed by atoms with Gasteiger partial charge in [0, 0.05) is 17.3 Å². The first-order valence-electron chi connectivity index (χ1n) is 7.00. The van der Waals surface area contributed by atoms with Crippen LogP contribution in [0.25, 0.3) is 11.3 Å². The fourth-order valence-corrected chi connectivity index (χ4v) is 2.80. The van der Waals surface area contributed by atoms with Crippen LogP contribution >= 0.6 is 11.8 Å². The van der Waals surface area contributed by atoms with E-state index in [4.69, 9.17) is 5.73 Å². The summed E-state index contributed by atoms with van der Waals surface area (Å²) in [5.74, 6) is 1.50. The number of nitrogens with one attached hydrogen (secondary N) is 1. The number of H-pyrrole nitrogens is 1. The molecule has 0 unspecified atom stereocenters. The molecule has 23 heavy (non-hydrogen) atoms. The number of thioether (sulfide) groups is 1. The van der Waals surface area contributed by atoms with Crippen molar-refractivity contribution in [3.8, 4) is 11.3 Å². The van der Waals surface area contributed by atoms with Crippen LogP contribution in [0.4, 0.5) is 5.82 Å². The van der Waals surface area contributed by atoms with Crippen LogP contribution in [0.1, 0.15) is 11.4 Å². The van der Waals surface area contributed by atoms with Crippen LogP contribution in [0.5, 0.6) is 0 Å². The van der Waals surface area contributed by atoms with E-state index in [1.165, 1.54) is 11.8 Å². The zero-order chi connectivity index (χ0) is 16.2. The fraction of sp³-hybridized carbons (Fsp3) is 0.125. The van der Waals surface area contributed by atoms with Gasteiger partial charge in [0.15, 0.2) is 5.16 Å². The van der Waals surface area contributed by atoms with Gasteiger partial charge >= 0.3 is 0 Å². The van der Waals surface area contributed by atoms with Crippen LogP contribution in [0.15, 0.2) is 52.5 Å². The molecule has 1 aromatic carbocycles. The summed E-state index contributed by atoms with van der Waals surface area (Å²) in [7, 11) is 0. The molecule has 116 valence electrons. The zero-order valence-corrected chi connectivity index (χ0v) is 13.3. The van der Waals surface area contributed by atoms with Crippen molar-refractivity contribution >= 4 is 17.6 Å². The third kappa shape index (κ3) is 3.57. The molecule has 2 heterocycles. The molecule has 7 heteroatoms. The number of hydrogen-bond acceptors (Lipinski definition) is 6. The van der Waals surface area contributed by atoms with Gasteiger partial charge in [-0.25, -0.2) is 15.0 Å². The monoisotopic (exact) mass is 325 g/mol. The van der Waals surface area contributed by atoms with Gasteiger partial charge in [0.25, 0.3) is 5.56 Å². The minimum absolute atomic E-state index is 0.144. The highest BCUT2D eigenvalue weighted by atomic mass is 32.2. The largest absolute Gasteiger partial charge is 0.384 e. The molecule has 0 saturated carbocycles. The number of hydrogen-bond donors (Lipinski definition) is 2. The van der Waals surface area contributed by atoms with E-state index >= 15 is 0 Å². The summed E-state index contributed by atoms with van der Waals surface area (Å²) in [4.78, 5) is 27.8. The second-order valence-corrected chi connectivity index (χ2v) is 5.86. The lowest BCUT2D eigenvalue weighted by molar-refractivity contribution is 0.919. The van der Waals surface area contributed by atoms with Gasteiger partial charge in [-0.3, -0.25) is 4.79 Å². The van der Waals surface area contributed by atoms with Crippen LogP contribution < -0.4 is 11.3 Å². The minimum Gasteiger partial charge on any atom is -0.384 e. The average Bonchev–Trinajstić information content (AvgIpc) is 2.57. The Bertz CT molecular complexity index is 879. The van der Waals surface area contributed by atoms with Crippen LogP contribution in [0.2, 0.25) is 0 Å². The molecule has 0 aliphatic carbocycles. The molecule has 0 amide bonds. The zero-order valence-electron chi connectivity index (χ0n) is 12.5. The molecule has 3 N–H and O–H groups in total. The topological polar surface area (TPSA) is 97.5 Å². The van der Waals surface area contributed by atoms with Crippen LogP contribution in [0, 0.1) is 6.92 Å². The van der Waals surface area contributed by atoms with Crippen molar-refractivity contribution in [1.82, 2.24) is 19.9 Å². The maximum atomic E-state index is 12.1. The molecule has 0 aliphatic rings. The molecule has 2 aromatic heterocycles. The number of nitrogens with two attached hydrogens (primary N) is 1. The third-order valence-corrected chi connectivity index (χ3v) is 4.11. The summed E-state index contributed by atoms with van der Waals surface area (Å²) < 4.78 is 0. The van der Waals surface area contributed by atoms with E-state index in [9.17, 15) is 4.79 Å². The van der Waals surface area contributed by atoms with Crippen molar-refractivity contribution in [3.63, 3.8) is 0 Å². The quantitative estimate of drug-likeness (QED) is 0.565. The fourth-order valence-electron chi connectivity index (χ4n) is 2.07. The van der Waals surface area contributed by atoms with Gasteiger partial charge in [0.05, 0.1) is 11.4 Å². The van der Waals surface area contributed by atoms with Crippen LogP contribution in [-0.4, -0.2) is 19.9 Å². The van der Waals surface area contributed by atoms with E-state index in [0.717, 1.165) is 5.56 Å². The molecular formula is C16H15N5OS. The first kappa shape index (κ1) is 15.2. The number of nitrogens with zero attached hydrogens (tertiary/aromatic N) is 3. The second-order valence-electron chi connectivity index (χ2n) is 4.90. The summed E-state index contributed by atoms with van der Waals surface area (Å²) in [5.41, 5.74) is 7.69. The van der Waals surface area contributed by atoms with Crippen LogP contribution in [-0.2, 0) is 5.75 Å². The highest BCUT2D eigenvalue weighted by Crippen LogP contribution is 2.22. The normalized spacial score (nSPS) is 10.7. The molecule has 0 atom stereocenters. The Hall–Kier alpha value is -2.67. The Morgan fingerprint density at radius 1 is 1.17 bits per heavy atom. The van der Waals surface area contributed by atoms with E-state index < -0.39 is 0 Å². The Balaban J connectivity index is 1.89. The van der Waals surface area contributed by atoms with E-state index in [0.29, 0.717) is 33.8 Å². The van der Waals surface area contributed by atoms with Crippen molar-refractivity contribution < 1.29 is 0 Å². The lowest BCUT2D eigenvalue weighted by atomic mass is 10.1. The van der Waals surface area contributed by atoms with Crippen molar-refractivity contribution in [3.05, 3.63) is 64.3 Å². The number of nitrogen functional groups attached to an aromatic ring is 1. The molecular weight excluding hydrogens is 310 g/mol. The Kier molecular flexibility index (Phi) is 4.38. The van der Waals surface area contributed by atoms with Gasteiger partial charge in [-0.1, -0.05) is 42.1 Å². The van der Waals surface area contributed by atoms with Crippen molar-refractivity contribution in [1.29, 1.82) is 0 Å². The summed E-state index contributed by atoms with van der Waals surface area (Å²) in [6, 6.07) is 11.3. The Morgan fingerprint density at radius 3 is 2.70 bits per heavy atom. The molecule has 0 radical (unpaired) electrons. The molecule has 0 spiro atoms. The first-order chi connectivity index (χ1) is 11.1. The Labute approximate surface area is 137 Å². The van der Waals surface area contributed by atoms with Crippen molar-refractivity contribution in [2.24, 2.45) is 0 Å². The molecule has 0 bridgehead atoms. The highest BCUT2D eigenvalue weighted by Gasteiger charge is 2.10. The lowest BCUT2D eigenvalue weighted by Crippen LogP contribution is -2.14. The predicted octanol–water partition coefficient (Wildman–Crippen LogP) is 2.41. The van der Waals surface area contributed by atoms with Gasteiger partial charge in [0.2, 0.25) is 0 Å². The van der Waals surface area contributed by atoms with Gasteiger partial charge < -0.3 is 10.7 Å². The average molecular weight is 325 g/mol. The van der Waals surface area contributed by atoms with Crippen molar-refractivity contribution in [2.75, 3.05) is 5.73 Å². The van der Waals surface area contributed by atoms with E-state index in [1.54, 1.807) is 19.2 Å². The summed E-state index contributed by atoms with van der Waals surface area (Å²) in [6.45, 7) is 1.77. The minimum atomic E-state index is -0.144. The molecule has 0 aliphatic heterocycles. The van der Waals surface area contributed by atoms with Gasteiger partial charge in [0.1, 0.15) is 11.6 Å². The SMILES string of the molecule is Cc1c(-c2ccccc2)nc(SCc2nccc(N)n2)[nH]c1=O. The maximum Gasteiger partial charge on any atom is 0.255 e. The predicted molar refractivity (Wildman–Crippen MR) is 91.0 cm³/mol. The Morgan fingerprint density at radius 2 is 1.96 bits per heavy atom. The number of anilines is 1. The second kappa shape index (κ2) is 6.62. The lowest BCUT2D eigenvalue weighted by Gasteiger charge is -2.07. The third-order valence-electron chi connectivity index (χ3n) is 3.24. The summed E-state index contributed by atoms with van der Waals surface area (Å²) >= 11 is 1.37. The standard InChI is InChI=1S/C16H15N5OS/c1-10-14(11-5-3-2-4-6-11)20-16(21-15(10)22)23-9-13-18-8-7-12(17)19-13/h2-8H,9H2,1H3,(H2,17,18,19)(H,20,21,22). The highest BCUT2D eigenvalue weighted by molar-refractivity contribution is 7.98. The molecule has 3 aromatic rings.